The van der Waals surface area contributed by atoms with E-state index >= 15 is 0 Å². The molecule has 0 bridgehead atoms. The van der Waals surface area contributed by atoms with Crippen molar-refractivity contribution in [1.29, 1.82) is 0 Å². The van der Waals surface area contributed by atoms with Crippen molar-refractivity contribution in [2.45, 2.75) is 26.6 Å². The molecule has 26 heavy (non-hydrogen) atoms. The van der Waals surface area contributed by atoms with Crippen molar-refractivity contribution < 1.29 is 0 Å². The Balaban J connectivity index is 1.25. The van der Waals surface area contributed by atoms with Crippen LogP contribution >= 0.6 is 11.3 Å². The zero-order valence-electron chi connectivity index (χ0n) is 15.2. The number of hydrogen-bond acceptors (Lipinski definition) is 5. The fourth-order valence-electron chi connectivity index (χ4n) is 3.40. The van der Waals surface area contributed by atoms with E-state index in [1.54, 1.807) is 11.3 Å². The number of benzene rings is 1. The van der Waals surface area contributed by atoms with E-state index in [0.29, 0.717) is 0 Å². The molecular weight excluding hydrogens is 342 g/mol. The molecule has 0 radical (unpaired) electrons. The second-order valence-electron chi connectivity index (χ2n) is 6.93. The molecule has 0 aliphatic carbocycles. The highest BCUT2D eigenvalue weighted by molar-refractivity contribution is 7.09. The number of hydrogen-bond donors (Lipinski definition) is 0. The fraction of sp³-hybridized carbons (Fsp3) is 0.400. The van der Waals surface area contributed by atoms with Crippen LogP contribution in [0.25, 0.3) is 0 Å². The van der Waals surface area contributed by atoms with E-state index in [9.17, 15) is 0 Å². The summed E-state index contributed by atoms with van der Waals surface area (Å²) < 4.78 is 1.96. The summed E-state index contributed by atoms with van der Waals surface area (Å²) in [5.41, 5.74) is 3.90. The summed E-state index contributed by atoms with van der Waals surface area (Å²) in [5, 5.41) is 7.61. The molecular formula is C20H25N5S. The molecule has 1 aliphatic rings. The zero-order chi connectivity index (χ0) is 17.8. The molecule has 6 heteroatoms. The monoisotopic (exact) mass is 367 g/mol. The van der Waals surface area contributed by atoms with Gasteiger partial charge in [0.05, 0.1) is 17.2 Å². The minimum Gasteiger partial charge on any atom is -0.297 e. The van der Waals surface area contributed by atoms with Crippen LogP contribution in [0.5, 0.6) is 0 Å². The van der Waals surface area contributed by atoms with E-state index in [0.717, 1.165) is 50.8 Å². The van der Waals surface area contributed by atoms with Crippen LogP contribution in [-0.4, -0.2) is 50.7 Å². The summed E-state index contributed by atoms with van der Waals surface area (Å²) in [6, 6.07) is 10.9. The van der Waals surface area contributed by atoms with Crippen LogP contribution in [0.1, 0.15) is 21.8 Å². The number of nitrogens with zero attached hydrogens (tertiary/aromatic N) is 5. The summed E-state index contributed by atoms with van der Waals surface area (Å²) in [6.45, 7) is 9.42. The molecule has 1 aliphatic heterocycles. The minimum absolute atomic E-state index is 0.835. The van der Waals surface area contributed by atoms with Crippen LogP contribution in [0.2, 0.25) is 0 Å². The Morgan fingerprint density at radius 2 is 1.58 bits per heavy atom. The van der Waals surface area contributed by atoms with E-state index in [1.807, 2.05) is 23.1 Å². The average Bonchev–Trinajstić information content (AvgIpc) is 3.30. The molecule has 136 valence electrons. The largest absolute Gasteiger partial charge is 0.297 e. The Morgan fingerprint density at radius 1 is 0.923 bits per heavy atom. The first-order valence-corrected chi connectivity index (χ1v) is 10.0. The van der Waals surface area contributed by atoms with E-state index in [1.165, 1.54) is 16.8 Å². The first-order valence-electron chi connectivity index (χ1n) is 9.15. The van der Waals surface area contributed by atoms with Gasteiger partial charge in [0.1, 0.15) is 0 Å². The van der Waals surface area contributed by atoms with Crippen molar-refractivity contribution in [2.75, 3.05) is 26.2 Å². The van der Waals surface area contributed by atoms with Gasteiger partial charge < -0.3 is 0 Å². The van der Waals surface area contributed by atoms with E-state index in [4.69, 9.17) is 0 Å². The summed E-state index contributed by atoms with van der Waals surface area (Å²) in [7, 11) is 0. The van der Waals surface area contributed by atoms with Gasteiger partial charge in [-0.05, 0) is 24.1 Å². The van der Waals surface area contributed by atoms with Crippen molar-refractivity contribution in [2.24, 2.45) is 0 Å². The maximum Gasteiger partial charge on any atom is 0.0897 e. The molecule has 0 unspecified atom stereocenters. The molecule has 0 amide bonds. The van der Waals surface area contributed by atoms with Gasteiger partial charge in [-0.3, -0.25) is 14.5 Å². The van der Waals surface area contributed by atoms with Gasteiger partial charge >= 0.3 is 0 Å². The fourth-order valence-corrected chi connectivity index (χ4v) is 4.01. The summed E-state index contributed by atoms with van der Waals surface area (Å²) in [5.74, 6) is 0. The van der Waals surface area contributed by atoms with Gasteiger partial charge in [-0.1, -0.05) is 24.3 Å². The number of rotatable bonds is 6. The molecule has 0 spiro atoms. The lowest BCUT2D eigenvalue weighted by atomic mass is 10.1. The van der Waals surface area contributed by atoms with E-state index in [2.05, 4.69) is 56.5 Å². The van der Waals surface area contributed by atoms with Crippen LogP contribution in [-0.2, 0) is 19.6 Å². The molecule has 0 N–H and O–H groups in total. The first kappa shape index (κ1) is 17.4. The molecule has 2 aromatic heterocycles. The molecule has 1 fully saturated rings. The lowest BCUT2D eigenvalue weighted by Crippen LogP contribution is -2.45. The van der Waals surface area contributed by atoms with Gasteiger partial charge in [-0.2, -0.15) is 5.10 Å². The predicted molar refractivity (Wildman–Crippen MR) is 105 cm³/mol. The Morgan fingerprint density at radius 3 is 2.15 bits per heavy atom. The Hall–Kier alpha value is -2.02. The van der Waals surface area contributed by atoms with Gasteiger partial charge in [0, 0.05) is 57.0 Å². The van der Waals surface area contributed by atoms with Gasteiger partial charge in [0.15, 0.2) is 0 Å². The number of piperazine rings is 1. The lowest BCUT2D eigenvalue weighted by Gasteiger charge is -2.34. The standard InChI is InChI=1S/C20H25N5S/c1-17-22-20(16-26-17)15-24-11-9-23(10-12-24)13-18-3-5-19(6-4-18)14-25-8-2-7-21-25/h2-8,16H,9-15H2,1H3. The molecule has 0 atom stereocenters. The summed E-state index contributed by atoms with van der Waals surface area (Å²) in [4.78, 5) is 9.64. The highest BCUT2D eigenvalue weighted by atomic mass is 32.1. The highest BCUT2D eigenvalue weighted by Crippen LogP contribution is 2.14. The molecule has 1 saturated heterocycles. The average molecular weight is 368 g/mol. The zero-order valence-corrected chi connectivity index (χ0v) is 16.0. The predicted octanol–water partition coefficient (Wildman–Crippen LogP) is 3.01. The van der Waals surface area contributed by atoms with E-state index < -0.39 is 0 Å². The second-order valence-corrected chi connectivity index (χ2v) is 7.99. The lowest BCUT2D eigenvalue weighted by molar-refractivity contribution is 0.121. The van der Waals surface area contributed by atoms with Crippen molar-refractivity contribution >= 4 is 11.3 Å². The van der Waals surface area contributed by atoms with Crippen LogP contribution in [0.3, 0.4) is 0 Å². The van der Waals surface area contributed by atoms with Crippen LogP contribution in [0.4, 0.5) is 0 Å². The van der Waals surface area contributed by atoms with Crippen molar-refractivity contribution in [3.8, 4) is 0 Å². The molecule has 5 nitrogen and oxygen atoms in total. The molecule has 4 rings (SSSR count). The maximum atomic E-state index is 4.58. The highest BCUT2D eigenvalue weighted by Gasteiger charge is 2.17. The van der Waals surface area contributed by atoms with Crippen molar-refractivity contribution in [3.63, 3.8) is 0 Å². The Kier molecular flexibility index (Phi) is 5.43. The second kappa shape index (κ2) is 8.12. The third kappa shape index (κ3) is 4.58. The summed E-state index contributed by atoms with van der Waals surface area (Å²) >= 11 is 1.74. The topological polar surface area (TPSA) is 37.2 Å². The Labute approximate surface area is 158 Å². The normalized spacial score (nSPS) is 16.2. The van der Waals surface area contributed by atoms with Gasteiger partial charge in [-0.25, -0.2) is 4.98 Å². The minimum atomic E-state index is 0.835. The molecule has 1 aromatic carbocycles. The number of aromatic nitrogens is 3. The first-order chi connectivity index (χ1) is 12.7. The maximum absolute atomic E-state index is 4.58. The van der Waals surface area contributed by atoms with Crippen molar-refractivity contribution in [3.05, 3.63) is 69.9 Å². The third-order valence-corrected chi connectivity index (χ3v) is 5.67. The van der Waals surface area contributed by atoms with Crippen LogP contribution < -0.4 is 0 Å². The van der Waals surface area contributed by atoms with E-state index in [-0.39, 0.29) is 0 Å². The quantitative estimate of drug-likeness (QED) is 0.671. The van der Waals surface area contributed by atoms with Crippen LogP contribution in [0.15, 0.2) is 48.1 Å². The molecule has 3 aromatic rings. The van der Waals surface area contributed by atoms with Crippen molar-refractivity contribution in [1.82, 2.24) is 24.6 Å². The molecule has 0 saturated carbocycles. The van der Waals surface area contributed by atoms with Gasteiger partial charge in [0.2, 0.25) is 0 Å². The Bertz CT molecular complexity index is 801. The molecule has 3 heterocycles. The number of thiazole rings is 1. The van der Waals surface area contributed by atoms with Crippen LogP contribution in [0, 0.1) is 6.92 Å². The number of aryl methyl sites for hydroxylation is 1. The van der Waals surface area contributed by atoms with Gasteiger partial charge in [0.25, 0.3) is 0 Å². The smallest absolute Gasteiger partial charge is 0.0897 e. The SMILES string of the molecule is Cc1nc(CN2CCN(Cc3ccc(Cn4cccn4)cc3)CC2)cs1. The summed E-state index contributed by atoms with van der Waals surface area (Å²) in [6.07, 6.45) is 3.82. The van der Waals surface area contributed by atoms with Gasteiger partial charge in [-0.15, -0.1) is 11.3 Å². The third-order valence-electron chi connectivity index (χ3n) is 4.85.